The van der Waals surface area contributed by atoms with Crippen LogP contribution in [0.5, 0.6) is 0 Å². The van der Waals surface area contributed by atoms with Crippen molar-refractivity contribution in [1.82, 2.24) is 15.1 Å². The molecule has 86 valence electrons. The predicted octanol–water partition coefficient (Wildman–Crippen LogP) is 2.05. The quantitative estimate of drug-likeness (QED) is 0.777. The van der Waals surface area contributed by atoms with Crippen molar-refractivity contribution in [3.63, 3.8) is 0 Å². The van der Waals surface area contributed by atoms with Crippen molar-refractivity contribution in [2.45, 2.75) is 45.6 Å². The van der Waals surface area contributed by atoms with Gasteiger partial charge in [-0.25, -0.2) is 0 Å². The van der Waals surface area contributed by atoms with E-state index in [1.54, 1.807) is 0 Å². The van der Waals surface area contributed by atoms with Gasteiger partial charge in [0.15, 0.2) is 0 Å². The molecule has 3 heteroatoms. The first-order chi connectivity index (χ1) is 7.17. The minimum atomic E-state index is 0.644. The number of hydrogen-bond acceptors (Lipinski definition) is 2. The van der Waals surface area contributed by atoms with Gasteiger partial charge in [0.1, 0.15) is 0 Å². The average molecular weight is 209 g/mol. The van der Waals surface area contributed by atoms with E-state index < -0.39 is 0 Å². The summed E-state index contributed by atoms with van der Waals surface area (Å²) >= 11 is 0. The second-order valence-electron chi connectivity index (χ2n) is 4.21. The van der Waals surface area contributed by atoms with Gasteiger partial charge in [0.2, 0.25) is 0 Å². The molecule has 0 amide bonds. The Balaban J connectivity index is 2.44. The van der Waals surface area contributed by atoms with Crippen LogP contribution in [0, 0.1) is 6.92 Å². The number of nitrogens with zero attached hydrogens (tertiary/aromatic N) is 2. The summed E-state index contributed by atoms with van der Waals surface area (Å²) in [7, 11) is 4.07. The van der Waals surface area contributed by atoms with E-state index >= 15 is 0 Å². The fourth-order valence-corrected chi connectivity index (χ4v) is 2.00. The van der Waals surface area contributed by atoms with E-state index in [2.05, 4.69) is 30.5 Å². The molecule has 0 bridgehead atoms. The number of rotatable bonds is 6. The molecular weight excluding hydrogens is 186 g/mol. The second-order valence-corrected chi connectivity index (χ2v) is 4.21. The lowest BCUT2D eigenvalue weighted by Gasteiger charge is -2.14. The van der Waals surface area contributed by atoms with Crippen LogP contribution in [0.1, 0.15) is 37.6 Å². The van der Waals surface area contributed by atoms with Crippen LogP contribution in [0.15, 0.2) is 6.07 Å². The van der Waals surface area contributed by atoms with Gasteiger partial charge in [-0.2, -0.15) is 5.10 Å². The molecule has 0 saturated heterocycles. The fraction of sp³-hybridized carbons (Fsp3) is 0.750. The van der Waals surface area contributed by atoms with E-state index in [0.717, 1.165) is 12.1 Å². The third-order valence-electron chi connectivity index (χ3n) is 2.89. The van der Waals surface area contributed by atoms with Gasteiger partial charge in [-0.3, -0.25) is 4.68 Å². The first-order valence-corrected chi connectivity index (χ1v) is 5.84. The Morgan fingerprint density at radius 3 is 2.67 bits per heavy atom. The molecule has 0 radical (unpaired) electrons. The van der Waals surface area contributed by atoms with Crippen molar-refractivity contribution >= 4 is 0 Å². The van der Waals surface area contributed by atoms with Crippen LogP contribution in [0.25, 0.3) is 0 Å². The van der Waals surface area contributed by atoms with Crippen molar-refractivity contribution < 1.29 is 0 Å². The first kappa shape index (κ1) is 12.2. The van der Waals surface area contributed by atoms with Crippen molar-refractivity contribution in [3.05, 3.63) is 17.5 Å². The molecule has 1 rings (SSSR count). The van der Waals surface area contributed by atoms with Gasteiger partial charge in [0.25, 0.3) is 0 Å². The molecule has 1 N–H and O–H groups in total. The van der Waals surface area contributed by atoms with Gasteiger partial charge in [-0.15, -0.1) is 0 Å². The molecule has 0 aromatic carbocycles. The van der Waals surface area contributed by atoms with Crippen LogP contribution in [0.4, 0.5) is 0 Å². The molecule has 0 aliphatic rings. The Morgan fingerprint density at radius 2 is 2.20 bits per heavy atom. The maximum absolute atomic E-state index is 4.36. The third kappa shape index (κ3) is 3.67. The lowest BCUT2D eigenvalue weighted by Crippen LogP contribution is -2.25. The summed E-state index contributed by atoms with van der Waals surface area (Å²) in [5, 5.41) is 7.73. The summed E-state index contributed by atoms with van der Waals surface area (Å²) in [6, 6.07) is 2.82. The molecule has 0 aliphatic carbocycles. The highest BCUT2D eigenvalue weighted by Crippen LogP contribution is 2.09. The Bertz CT molecular complexity index is 291. The molecule has 1 unspecified atom stereocenters. The molecule has 1 aromatic heterocycles. The number of nitrogens with one attached hydrogen (secondary N) is 1. The number of aromatic nitrogens is 2. The monoisotopic (exact) mass is 209 g/mol. The van der Waals surface area contributed by atoms with E-state index in [-0.39, 0.29) is 0 Å². The van der Waals surface area contributed by atoms with E-state index in [1.165, 1.54) is 25.0 Å². The van der Waals surface area contributed by atoms with Gasteiger partial charge in [0, 0.05) is 18.8 Å². The second kappa shape index (κ2) is 5.91. The van der Waals surface area contributed by atoms with Gasteiger partial charge in [-0.1, -0.05) is 13.3 Å². The summed E-state index contributed by atoms with van der Waals surface area (Å²) in [4.78, 5) is 0. The Hall–Kier alpha value is -0.830. The molecule has 1 heterocycles. The third-order valence-corrected chi connectivity index (χ3v) is 2.89. The standard InChI is InChI=1S/C12H23N3/c1-5-6-11(13-3)7-8-12-9-10(2)14-15(12)4/h9,11,13H,5-8H2,1-4H3. The van der Waals surface area contributed by atoms with Crippen LogP contribution in [0.3, 0.4) is 0 Å². The lowest BCUT2D eigenvalue weighted by atomic mass is 10.1. The highest BCUT2D eigenvalue weighted by atomic mass is 15.3. The Morgan fingerprint density at radius 1 is 1.47 bits per heavy atom. The van der Waals surface area contributed by atoms with Crippen molar-refractivity contribution in [3.8, 4) is 0 Å². The minimum absolute atomic E-state index is 0.644. The number of hydrogen-bond donors (Lipinski definition) is 1. The highest BCUT2D eigenvalue weighted by molar-refractivity contribution is 5.08. The predicted molar refractivity (Wildman–Crippen MR) is 64.0 cm³/mol. The smallest absolute Gasteiger partial charge is 0.0596 e. The van der Waals surface area contributed by atoms with Crippen LogP contribution < -0.4 is 5.32 Å². The maximum Gasteiger partial charge on any atom is 0.0596 e. The zero-order valence-electron chi connectivity index (χ0n) is 10.4. The van der Waals surface area contributed by atoms with Crippen molar-refractivity contribution in [2.24, 2.45) is 7.05 Å². The summed E-state index contributed by atoms with van der Waals surface area (Å²) in [6.07, 6.45) is 4.81. The Kier molecular flexibility index (Phi) is 4.82. The lowest BCUT2D eigenvalue weighted by molar-refractivity contribution is 0.477. The van der Waals surface area contributed by atoms with Crippen LogP contribution in [-0.4, -0.2) is 22.9 Å². The number of aryl methyl sites for hydroxylation is 3. The summed E-state index contributed by atoms with van der Waals surface area (Å²) in [5.74, 6) is 0. The van der Waals surface area contributed by atoms with E-state index in [0.29, 0.717) is 6.04 Å². The van der Waals surface area contributed by atoms with E-state index in [9.17, 15) is 0 Å². The van der Waals surface area contributed by atoms with E-state index in [1.807, 2.05) is 18.7 Å². The van der Waals surface area contributed by atoms with E-state index in [4.69, 9.17) is 0 Å². The molecule has 0 spiro atoms. The van der Waals surface area contributed by atoms with Gasteiger partial charge < -0.3 is 5.32 Å². The fourth-order valence-electron chi connectivity index (χ4n) is 2.00. The average Bonchev–Trinajstić information content (AvgIpc) is 2.52. The first-order valence-electron chi connectivity index (χ1n) is 5.84. The molecule has 1 atom stereocenters. The molecular formula is C12H23N3. The molecule has 0 aliphatic heterocycles. The largest absolute Gasteiger partial charge is 0.317 e. The van der Waals surface area contributed by atoms with Gasteiger partial charge >= 0.3 is 0 Å². The van der Waals surface area contributed by atoms with Crippen LogP contribution in [-0.2, 0) is 13.5 Å². The van der Waals surface area contributed by atoms with Crippen LogP contribution in [0.2, 0.25) is 0 Å². The van der Waals surface area contributed by atoms with Gasteiger partial charge in [0.05, 0.1) is 5.69 Å². The highest BCUT2D eigenvalue weighted by Gasteiger charge is 2.07. The minimum Gasteiger partial charge on any atom is -0.317 e. The molecule has 1 aromatic rings. The van der Waals surface area contributed by atoms with Crippen molar-refractivity contribution in [1.29, 1.82) is 0 Å². The molecule has 0 saturated carbocycles. The SMILES string of the molecule is CCCC(CCc1cc(C)nn1C)NC. The Labute approximate surface area is 92.9 Å². The molecule has 0 fully saturated rings. The van der Waals surface area contributed by atoms with Crippen molar-refractivity contribution in [2.75, 3.05) is 7.05 Å². The van der Waals surface area contributed by atoms with Gasteiger partial charge in [-0.05, 0) is 39.3 Å². The molecule has 15 heavy (non-hydrogen) atoms. The zero-order valence-corrected chi connectivity index (χ0v) is 10.4. The topological polar surface area (TPSA) is 29.9 Å². The summed E-state index contributed by atoms with van der Waals surface area (Å²) in [5.41, 5.74) is 2.45. The van der Waals surface area contributed by atoms with Crippen LogP contribution >= 0.6 is 0 Å². The molecule has 3 nitrogen and oxygen atoms in total. The summed E-state index contributed by atoms with van der Waals surface area (Å²) < 4.78 is 1.99. The zero-order chi connectivity index (χ0) is 11.3. The summed E-state index contributed by atoms with van der Waals surface area (Å²) in [6.45, 7) is 4.28. The maximum atomic E-state index is 4.36. The normalized spacial score (nSPS) is 13.1.